The second-order valence-corrected chi connectivity index (χ2v) is 6.34. The number of nitrogens with zero attached hydrogens (tertiary/aromatic N) is 3. The van der Waals surface area contributed by atoms with E-state index in [0.717, 1.165) is 0 Å². The number of likely N-dealkylation sites (N-methyl/N-ethyl adjacent to an activating group) is 1. The third-order valence-corrected chi connectivity index (χ3v) is 4.10. The van der Waals surface area contributed by atoms with Crippen LogP contribution in [0.4, 0.5) is 5.69 Å². The fraction of sp³-hybridized carbons (Fsp3) is 0.333. The van der Waals surface area contributed by atoms with Gasteiger partial charge in [0.05, 0.1) is 31.5 Å². The Morgan fingerprint density at radius 1 is 1.37 bits per heavy atom. The number of primary amides is 1. The molecule has 2 amide bonds. The summed E-state index contributed by atoms with van der Waals surface area (Å²) in [6.07, 6.45) is 1.55. The van der Waals surface area contributed by atoms with Crippen molar-refractivity contribution in [1.82, 2.24) is 14.9 Å². The highest BCUT2D eigenvalue weighted by Gasteiger charge is 2.13. The topological polar surface area (TPSA) is 131 Å². The summed E-state index contributed by atoms with van der Waals surface area (Å²) < 4.78 is 4.97. The van der Waals surface area contributed by atoms with E-state index in [1.54, 1.807) is 38.4 Å². The molecule has 2 rings (SSSR count). The Bertz CT molecular complexity index is 952. The number of anilines is 1. The van der Waals surface area contributed by atoms with E-state index < -0.39 is 5.91 Å². The van der Waals surface area contributed by atoms with Gasteiger partial charge in [0.2, 0.25) is 5.91 Å². The quantitative estimate of drug-likeness (QED) is 0.404. The van der Waals surface area contributed by atoms with Crippen molar-refractivity contribution in [3.05, 3.63) is 41.7 Å². The van der Waals surface area contributed by atoms with Crippen molar-refractivity contribution in [1.29, 1.82) is 0 Å². The lowest BCUT2D eigenvalue weighted by molar-refractivity contribution is -0.129. The Hall–Kier alpha value is -3.48. The van der Waals surface area contributed by atoms with Gasteiger partial charge in [0.15, 0.2) is 11.5 Å². The van der Waals surface area contributed by atoms with Crippen LogP contribution in [-0.2, 0) is 9.53 Å². The average molecular weight is 411 g/mol. The SMILES string of the molecule is COCCNc1cnc(-c2cccc(C#CCC(=O)N(C)CCO)c2)nc1C(N)=O. The highest BCUT2D eigenvalue weighted by Crippen LogP contribution is 2.20. The highest BCUT2D eigenvalue weighted by atomic mass is 16.5. The van der Waals surface area contributed by atoms with Gasteiger partial charge in [-0.3, -0.25) is 9.59 Å². The number of aliphatic hydroxyl groups excluding tert-OH is 1. The zero-order valence-electron chi connectivity index (χ0n) is 17.0. The number of carbonyl (C=O) groups is 2. The van der Waals surface area contributed by atoms with Gasteiger partial charge in [-0.25, -0.2) is 9.97 Å². The minimum absolute atomic E-state index is 0.0465. The number of benzene rings is 1. The summed E-state index contributed by atoms with van der Waals surface area (Å²) in [7, 11) is 3.19. The number of rotatable bonds is 9. The average Bonchev–Trinajstić information content (AvgIpc) is 2.74. The zero-order valence-corrected chi connectivity index (χ0v) is 17.0. The van der Waals surface area contributed by atoms with Gasteiger partial charge in [-0.05, 0) is 12.1 Å². The second kappa shape index (κ2) is 11.5. The van der Waals surface area contributed by atoms with Crippen molar-refractivity contribution in [2.45, 2.75) is 6.42 Å². The molecule has 2 aromatic rings. The van der Waals surface area contributed by atoms with Crippen LogP contribution in [0.3, 0.4) is 0 Å². The first-order valence-corrected chi connectivity index (χ1v) is 9.30. The van der Waals surface area contributed by atoms with Crippen LogP contribution >= 0.6 is 0 Å². The van der Waals surface area contributed by atoms with Gasteiger partial charge in [0.25, 0.3) is 5.91 Å². The third-order valence-electron chi connectivity index (χ3n) is 4.10. The van der Waals surface area contributed by atoms with Crippen LogP contribution in [-0.4, -0.2) is 72.2 Å². The van der Waals surface area contributed by atoms with Crippen LogP contribution in [0.1, 0.15) is 22.5 Å². The van der Waals surface area contributed by atoms with E-state index in [0.29, 0.717) is 35.8 Å². The fourth-order valence-electron chi connectivity index (χ4n) is 2.49. The van der Waals surface area contributed by atoms with E-state index in [1.165, 1.54) is 11.1 Å². The summed E-state index contributed by atoms with van der Waals surface area (Å²) in [5.74, 6) is 5.26. The summed E-state index contributed by atoms with van der Waals surface area (Å²) in [5, 5.41) is 11.9. The molecule has 1 aromatic carbocycles. The lowest BCUT2D eigenvalue weighted by Gasteiger charge is -2.13. The van der Waals surface area contributed by atoms with Crippen LogP contribution in [0.15, 0.2) is 30.5 Å². The molecule has 0 aliphatic rings. The number of aliphatic hydroxyl groups is 1. The van der Waals surface area contributed by atoms with Gasteiger partial charge in [-0.15, -0.1) is 0 Å². The van der Waals surface area contributed by atoms with Crippen molar-refractivity contribution < 1.29 is 19.4 Å². The first-order chi connectivity index (χ1) is 14.5. The third kappa shape index (κ3) is 6.55. The molecular formula is C21H25N5O4. The lowest BCUT2D eigenvalue weighted by atomic mass is 10.1. The number of hydrogen-bond donors (Lipinski definition) is 3. The molecule has 0 aliphatic heterocycles. The monoisotopic (exact) mass is 411 g/mol. The van der Waals surface area contributed by atoms with Gasteiger partial charge in [-0.1, -0.05) is 24.0 Å². The number of aromatic nitrogens is 2. The van der Waals surface area contributed by atoms with Crippen molar-refractivity contribution in [2.75, 3.05) is 45.8 Å². The molecule has 9 nitrogen and oxygen atoms in total. The fourth-order valence-corrected chi connectivity index (χ4v) is 2.49. The number of amides is 2. The maximum atomic E-state index is 11.9. The molecule has 0 fully saturated rings. The summed E-state index contributed by atoms with van der Waals surface area (Å²) in [6, 6.07) is 7.15. The van der Waals surface area contributed by atoms with Gasteiger partial charge in [-0.2, -0.15) is 0 Å². The van der Waals surface area contributed by atoms with Gasteiger partial charge < -0.3 is 25.8 Å². The second-order valence-electron chi connectivity index (χ2n) is 6.34. The standard InChI is InChI=1S/C21H25N5O4/c1-26(10-11-27)18(28)8-4-6-15-5-3-7-16(13-15)21-24-14-17(23-9-12-30-2)19(25-21)20(22)29/h3,5,7,13-14,23,27H,8-12H2,1-2H3,(H2,22,29). The van der Waals surface area contributed by atoms with Crippen molar-refractivity contribution in [3.63, 3.8) is 0 Å². The van der Waals surface area contributed by atoms with E-state index in [1.807, 2.05) is 0 Å². The zero-order chi connectivity index (χ0) is 21.9. The Morgan fingerprint density at radius 3 is 2.87 bits per heavy atom. The molecule has 0 bridgehead atoms. The number of methoxy groups -OCH3 is 1. The smallest absolute Gasteiger partial charge is 0.269 e. The van der Waals surface area contributed by atoms with Crippen LogP contribution in [0.5, 0.6) is 0 Å². The van der Waals surface area contributed by atoms with Crippen molar-refractivity contribution in [3.8, 4) is 23.2 Å². The summed E-state index contributed by atoms with van der Waals surface area (Å²) in [6.45, 7) is 1.12. The number of hydrogen-bond acceptors (Lipinski definition) is 7. The molecule has 0 radical (unpaired) electrons. The molecule has 0 saturated heterocycles. The Morgan fingerprint density at radius 2 is 2.17 bits per heavy atom. The van der Waals surface area contributed by atoms with E-state index in [2.05, 4.69) is 27.1 Å². The highest BCUT2D eigenvalue weighted by molar-refractivity contribution is 5.96. The van der Waals surface area contributed by atoms with Gasteiger partial charge in [0.1, 0.15) is 0 Å². The molecule has 1 aromatic heterocycles. The van der Waals surface area contributed by atoms with Gasteiger partial charge in [0, 0.05) is 38.4 Å². The maximum absolute atomic E-state index is 11.9. The molecular weight excluding hydrogens is 386 g/mol. The molecule has 0 saturated carbocycles. The van der Waals surface area contributed by atoms with Gasteiger partial charge >= 0.3 is 0 Å². The van der Waals surface area contributed by atoms with Crippen LogP contribution in [0.2, 0.25) is 0 Å². The number of nitrogens with two attached hydrogens (primary N) is 1. The molecule has 1 heterocycles. The molecule has 0 spiro atoms. The number of carbonyl (C=O) groups excluding carboxylic acids is 2. The molecule has 0 atom stereocenters. The minimum atomic E-state index is -0.667. The molecule has 0 aliphatic carbocycles. The molecule has 4 N–H and O–H groups in total. The normalized spacial score (nSPS) is 10.1. The maximum Gasteiger partial charge on any atom is 0.269 e. The molecule has 158 valence electrons. The largest absolute Gasteiger partial charge is 0.395 e. The molecule has 0 unspecified atom stereocenters. The minimum Gasteiger partial charge on any atom is -0.395 e. The first kappa shape index (κ1) is 22.8. The summed E-state index contributed by atoms with van der Waals surface area (Å²) >= 11 is 0. The summed E-state index contributed by atoms with van der Waals surface area (Å²) in [5.41, 5.74) is 7.33. The lowest BCUT2D eigenvalue weighted by Crippen LogP contribution is -2.28. The predicted molar refractivity (Wildman–Crippen MR) is 113 cm³/mol. The van der Waals surface area contributed by atoms with Crippen LogP contribution < -0.4 is 11.1 Å². The van der Waals surface area contributed by atoms with Crippen molar-refractivity contribution >= 4 is 17.5 Å². The number of ether oxygens (including phenoxy) is 1. The Balaban J connectivity index is 2.19. The Kier molecular flexibility index (Phi) is 8.75. The summed E-state index contributed by atoms with van der Waals surface area (Å²) in [4.78, 5) is 33.7. The van der Waals surface area contributed by atoms with Crippen LogP contribution in [0, 0.1) is 11.8 Å². The van der Waals surface area contributed by atoms with E-state index >= 15 is 0 Å². The molecule has 30 heavy (non-hydrogen) atoms. The van der Waals surface area contributed by atoms with E-state index in [4.69, 9.17) is 15.6 Å². The molecule has 9 heteroatoms. The Labute approximate surface area is 175 Å². The van der Waals surface area contributed by atoms with Crippen LogP contribution in [0.25, 0.3) is 11.4 Å². The van der Waals surface area contributed by atoms with E-state index in [-0.39, 0.29) is 31.2 Å². The first-order valence-electron chi connectivity index (χ1n) is 9.30. The van der Waals surface area contributed by atoms with Crippen molar-refractivity contribution in [2.24, 2.45) is 5.73 Å². The van der Waals surface area contributed by atoms with E-state index in [9.17, 15) is 9.59 Å². The number of nitrogens with one attached hydrogen (secondary N) is 1. The predicted octanol–water partition coefficient (Wildman–Crippen LogP) is 0.493.